The van der Waals surface area contributed by atoms with Crippen LogP contribution in [0, 0.1) is 11.8 Å². The van der Waals surface area contributed by atoms with Crippen LogP contribution in [0.3, 0.4) is 0 Å². The van der Waals surface area contributed by atoms with Gasteiger partial charge in [0, 0.05) is 18.6 Å². The van der Waals surface area contributed by atoms with Gasteiger partial charge in [0.25, 0.3) is 0 Å². The Bertz CT molecular complexity index is 193. The van der Waals surface area contributed by atoms with Crippen molar-refractivity contribution in [3.8, 4) is 0 Å². The summed E-state index contributed by atoms with van der Waals surface area (Å²) in [6, 6.07) is 1.57. The van der Waals surface area contributed by atoms with Crippen LogP contribution < -0.4 is 5.32 Å². The standard InChI is InChI=1S/C13H26N2/c1-4-12(10-5-6-10)14-9-13(15(2)3)11-7-8-11/h10-14H,4-9H2,1-3H3. The molecule has 2 heteroatoms. The maximum Gasteiger partial charge on any atom is 0.0242 e. The van der Waals surface area contributed by atoms with Crippen LogP contribution in [0.4, 0.5) is 0 Å². The van der Waals surface area contributed by atoms with E-state index in [1.807, 2.05) is 0 Å². The fraction of sp³-hybridized carbons (Fsp3) is 1.00. The molecular weight excluding hydrogens is 184 g/mol. The van der Waals surface area contributed by atoms with Gasteiger partial charge in [-0.05, 0) is 58.0 Å². The van der Waals surface area contributed by atoms with Crippen molar-refractivity contribution in [1.29, 1.82) is 0 Å². The fourth-order valence-corrected chi connectivity index (χ4v) is 2.67. The molecule has 0 amide bonds. The highest BCUT2D eigenvalue weighted by Crippen LogP contribution is 2.36. The van der Waals surface area contributed by atoms with E-state index < -0.39 is 0 Å². The Morgan fingerprint density at radius 2 is 1.73 bits per heavy atom. The molecule has 0 aromatic carbocycles. The van der Waals surface area contributed by atoms with Crippen molar-refractivity contribution in [1.82, 2.24) is 10.2 Å². The largest absolute Gasteiger partial charge is 0.312 e. The van der Waals surface area contributed by atoms with Gasteiger partial charge in [0.1, 0.15) is 0 Å². The lowest BCUT2D eigenvalue weighted by atomic mass is 10.1. The second kappa shape index (κ2) is 4.84. The summed E-state index contributed by atoms with van der Waals surface area (Å²) in [5.74, 6) is 1.97. The van der Waals surface area contributed by atoms with E-state index >= 15 is 0 Å². The zero-order valence-electron chi connectivity index (χ0n) is 10.5. The predicted octanol–water partition coefficient (Wildman–Crippen LogP) is 2.10. The molecule has 0 aliphatic heterocycles. The summed E-state index contributed by atoms with van der Waals surface area (Å²) >= 11 is 0. The highest BCUT2D eigenvalue weighted by Gasteiger charge is 2.34. The molecule has 2 nitrogen and oxygen atoms in total. The number of hydrogen-bond acceptors (Lipinski definition) is 2. The molecule has 0 aromatic rings. The van der Waals surface area contributed by atoms with Gasteiger partial charge in [-0.15, -0.1) is 0 Å². The summed E-state index contributed by atoms with van der Waals surface area (Å²) in [5, 5.41) is 3.79. The van der Waals surface area contributed by atoms with Crippen LogP contribution in [-0.4, -0.2) is 37.6 Å². The lowest BCUT2D eigenvalue weighted by molar-refractivity contribution is 0.243. The van der Waals surface area contributed by atoms with Gasteiger partial charge in [0.2, 0.25) is 0 Å². The first-order valence-corrected chi connectivity index (χ1v) is 6.62. The Balaban J connectivity index is 1.73. The maximum absolute atomic E-state index is 3.79. The topological polar surface area (TPSA) is 15.3 Å². The molecule has 15 heavy (non-hydrogen) atoms. The van der Waals surface area contributed by atoms with E-state index in [0.717, 1.165) is 23.9 Å². The van der Waals surface area contributed by atoms with Crippen molar-refractivity contribution in [3.05, 3.63) is 0 Å². The molecule has 2 rings (SSSR count). The molecule has 0 radical (unpaired) electrons. The zero-order valence-corrected chi connectivity index (χ0v) is 10.5. The molecule has 2 unspecified atom stereocenters. The van der Waals surface area contributed by atoms with E-state index in [4.69, 9.17) is 0 Å². The lowest BCUT2D eigenvalue weighted by Gasteiger charge is -2.27. The molecule has 0 heterocycles. The van der Waals surface area contributed by atoms with E-state index in [1.165, 1.54) is 38.6 Å². The minimum absolute atomic E-state index is 0.776. The van der Waals surface area contributed by atoms with Crippen LogP contribution in [0.25, 0.3) is 0 Å². The molecule has 2 aliphatic carbocycles. The summed E-state index contributed by atoms with van der Waals surface area (Å²) in [4.78, 5) is 2.41. The molecule has 2 fully saturated rings. The molecule has 88 valence electrons. The van der Waals surface area contributed by atoms with Crippen molar-refractivity contribution in [2.45, 2.75) is 51.1 Å². The molecule has 1 N–H and O–H groups in total. The van der Waals surface area contributed by atoms with E-state index in [0.29, 0.717) is 0 Å². The molecule has 0 bridgehead atoms. The fourth-order valence-electron chi connectivity index (χ4n) is 2.67. The van der Waals surface area contributed by atoms with Crippen molar-refractivity contribution in [3.63, 3.8) is 0 Å². The van der Waals surface area contributed by atoms with Crippen LogP contribution in [-0.2, 0) is 0 Å². The summed E-state index contributed by atoms with van der Waals surface area (Å²) in [6.45, 7) is 3.52. The van der Waals surface area contributed by atoms with Gasteiger partial charge in [0.05, 0.1) is 0 Å². The molecule has 2 saturated carbocycles. The van der Waals surface area contributed by atoms with Crippen molar-refractivity contribution in [2.24, 2.45) is 11.8 Å². The van der Waals surface area contributed by atoms with E-state index in [9.17, 15) is 0 Å². The Kier molecular flexibility index (Phi) is 3.68. The van der Waals surface area contributed by atoms with Gasteiger partial charge in [0.15, 0.2) is 0 Å². The first-order chi connectivity index (χ1) is 7.22. The van der Waals surface area contributed by atoms with Crippen molar-refractivity contribution in [2.75, 3.05) is 20.6 Å². The molecule has 0 spiro atoms. The van der Waals surface area contributed by atoms with Gasteiger partial charge in [-0.1, -0.05) is 6.92 Å². The first-order valence-electron chi connectivity index (χ1n) is 6.62. The molecular formula is C13H26N2. The van der Waals surface area contributed by atoms with E-state index in [-0.39, 0.29) is 0 Å². The highest BCUT2D eigenvalue weighted by atomic mass is 15.1. The minimum Gasteiger partial charge on any atom is -0.312 e. The monoisotopic (exact) mass is 210 g/mol. The summed E-state index contributed by atoms with van der Waals surface area (Å²) in [5.41, 5.74) is 0. The van der Waals surface area contributed by atoms with Crippen LogP contribution in [0.15, 0.2) is 0 Å². The average Bonchev–Trinajstić information content (AvgIpc) is 3.00. The van der Waals surface area contributed by atoms with Crippen molar-refractivity contribution >= 4 is 0 Å². The summed E-state index contributed by atoms with van der Waals surface area (Å²) in [6.07, 6.45) is 7.12. The van der Waals surface area contributed by atoms with Crippen LogP contribution >= 0.6 is 0 Å². The average molecular weight is 210 g/mol. The number of nitrogens with one attached hydrogen (secondary N) is 1. The van der Waals surface area contributed by atoms with E-state index in [2.05, 4.69) is 31.2 Å². The normalized spacial score (nSPS) is 25.6. The molecule has 0 aromatic heterocycles. The molecule has 2 atom stereocenters. The SMILES string of the molecule is CCC(NCC(C1CC1)N(C)C)C1CC1. The van der Waals surface area contributed by atoms with Gasteiger partial charge in [-0.25, -0.2) is 0 Å². The van der Waals surface area contributed by atoms with E-state index in [1.54, 1.807) is 0 Å². The van der Waals surface area contributed by atoms with Gasteiger partial charge in [-0.2, -0.15) is 0 Å². The highest BCUT2D eigenvalue weighted by molar-refractivity contribution is 4.91. The Morgan fingerprint density at radius 1 is 1.13 bits per heavy atom. The maximum atomic E-state index is 3.79. The number of hydrogen-bond donors (Lipinski definition) is 1. The van der Waals surface area contributed by atoms with Gasteiger partial charge < -0.3 is 10.2 Å². The molecule has 0 saturated heterocycles. The quantitative estimate of drug-likeness (QED) is 0.692. The number of nitrogens with zero attached hydrogens (tertiary/aromatic N) is 1. The van der Waals surface area contributed by atoms with Crippen molar-refractivity contribution < 1.29 is 0 Å². The Labute approximate surface area is 94.4 Å². The second-order valence-electron chi connectivity index (χ2n) is 5.63. The zero-order chi connectivity index (χ0) is 10.8. The first kappa shape index (κ1) is 11.4. The minimum atomic E-state index is 0.776. The lowest BCUT2D eigenvalue weighted by Crippen LogP contribution is -2.43. The summed E-state index contributed by atoms with van der Waals surface area (Å²) in [7, 11) is 4.45. The van der Waals surface area contributed by atoms with Gasteiger partial charge in [-0.3, -0.25) is 0 Å². The third kappa shape index (κ3) is 3.18. The third-order valence-corrected chi connectivity index (χ3v) is 4.05. The number of rotatable bonds is 7. The number of likely N-dealkylation sites (N-methyl/N-ethyl adjacent to an activating group) is 1. The smallest absolute Gasteiger partial charge is 0.0242 e. The predicted molar refractivity (Wildman–Crippen MR) is 65.0 cm³/mol. The van der Waals surface area contributed by atoms with Gasteiger partial charge >= 0.3 is 0 Å². The van der Waals surface area contributed by atoms with Crippen LogP contribution in [0.1, 0.15) is 39.0 Å². The third-order valence-electron chi connectivity index (χ3n) is 4.05. The second-order valence-corrected chi connectivity index (χ2v) is 5.63. The Morgan fingerprint density at radius 3 is 2.13 bits per heavy atom. The molecule has 2 aliphatic rings. The summed E-state index contributed by atoms with van der Waals surface area (Å²) < 4.78 is 0. The van der Waals surface area contributed by atoms with Crippen LogP contribution in [0.5, 0.6) is 0 Å². The van der Waals surface area contributed by atoms with Crippen LogP contribution in [0.2, 0.25) is 0 Å². The Hall–Kier alpha value is -0.0800.